The van der Waals surface area contributed by atoms with Crippen LogP contribution in [0.2, 0.25) is 0 Å². The molecule has 0 fully saturated rings. The third-order valence-electron chi connectivity index (χ3n) is 3.11. The lowest BCUT2D eigenvalue weighted by atomic mass is 10.1. The second-order valence-electron chi connectivity index (χ2n) is 4.64. The highest BCUT2D eigenvalue weighted by molar-refractivity contribution is 7.93. The number of rotatable bonds is 4. The molecule has 3 nitrogen and oxygen atoms in total. The molecule has 0 aliphatic heterocycles. The second-order valence-corrected chi connectivity index (χ2v) is 7.88. The number of sulfonamides is 1. The number of aryl methyl sites for hydroxylation is 2. The van der Waals surface area contributed by atoms with Gasteiger partial charge in [0.25, 0.3) is 10.0 Å². The van der Waals surface area contributed by atoms with Gasteiger partial charge in [-0.25, -0.2) is 8.42 Å². The van der Waals surface area contributed by atoms with Crippen molar-refractivity contribution >= 4 is 38.6 Å². The number of nitrogens with zero attached hydrogens (tertiary/aromatic N) is 1. The Balaban J connectivity index is 2.43. The van der Waals surface area contributed by atoms with Crippen molar-refractivity contribution in [2.24, 2.45) is 0 Å². The Kier molecular flexibility index (Phi) is 4.42. The van der Waals surface area contributed by atoms with Gasteiger partial charge in [-0.1, -0.05) is 17.7 Å². The van der Waals surface area contributed by atoms with E-state index < -0.39 is 10.0 Å². The smallest absolute Gasteiger partial charge is 0.264 e. The summed E-state index contributed by atoms with van der Waals surface area (Å²) < 4.78 is 26.5. The van der Waals surface area contributed by atoms with Crippen LogP contribution in [0.4, 0.5) is 5.69 Å². The molecule has 20 heavy (non-hydrogen) atoms. The molecular weight excluding hydrogens is 314 g/mol. The Morgan fingerprint density at radius 1 is 1.25 bits per heavy atom. The van der Waals surface area contributed by atoms with Crippen LogP contribution >= 0.6 is 22.9 Å². The average Bonchev–Trinajstić information content (AvgIpc) is 2.87. The Labute approximate surface area is 128 Å². The van der Waals surface area contributed by atoms with Gasteiger partial charge in [-0.05, 0) is 31.5 Å². The molecule has 0 radical (unpaired) electrons. The highest BCUT2D eigenvalue weighted by Crippen LogP contribution is 2.28. The van der Waals surface area contributed by atoms with Crippen molar-refractivity contribution in [1.82, 2.24) is 0 Å². The van der Waals surface area contributed by atoms with Gasteiger partial charge in [0.15, 0.2) is 0 Å². The van der Waals surface area contributed by atoms with Gasteiger partial charge in [0.05, 0.1) is 16.5 Å². The van der Waals surface area contributed by atoms with E-state index >= 15 is 0 Å². The Morgan fingerprint density at radius 2 is 1.95 bits per heavy atom. The molecule has 0 atom stereocenters. The Bertz CT molecular complexity index is 723. The maximum Gasteiger partial charge on any atom is 0.264 e. The van der Waals surface area contributed by atoms with Gasteiger partial charge in [0.1, 0.15) is 0 Å². The van der Waals surface area contributed by atoms with E-state index in [4.69, 9.17) is 11.6 Å². The molecule has 0 aliphatic carbocycles. The van der Waals surface area contributed by atoms with Crippen molar-refractivity contribution in [2.45, 2.75) is 24.6 Å². The molecule has 1 aromatic heterocycles. The van der Waals surface area contributed by atoms with Crippen LogP contribution in [-0.4, -0.2) is 15.5 Å². The number of anilines is 1. The van der Waals surface area contributed by atoms with E-state index in [1.54, 1.807) is 18.5 Å². The maximum absolute atomic E-state index is 12.6. The minimum absolute atomic E-state index is 0.292. The van der Waals surface area contributed by atoms with Crippen LogP contribution in [0.1, 0.15) is 16.0 Å². The van der Waals surface area contributed by atoms with Gasteiger partial charge >= 0.3 is 0 Å². The first-order valence-electron chi connectivity index (χ1n) is 6.06. The van der Waals surface area contributed by atoms with Gasteiger partial charge in [-0.2, -0.15) is 0 Å². The van der Waals surface area contributed by atoms with Gasteiger partial charge in [-0.15, -0.1) is 22.9 Å². The van der Waals surface area contributed by atoms with E-state index in [2.05, 4.69) is 0 Å². The molecule has 108 valence electrons. The zero-order chi connectivity index (χ0) is 14.9. The number of thiophene rings is 1. The van der Waals surface area contributed by atoms with Crippen LogP contribution < -0.4 is 4.31 Å². The summed E-state index contributed by atoms with van der Waals surface area (Å²) in [7, 11) is -1.96. The fraction of sp³-hybridized carbons (Fsp3) is 0.286. The average molecular weight is 330 g/mol. The summed E-state index contributed by atoms with van der Waals surface area (Å²) in [5, 5.41) is 1.63. The second kappa shape index (κ2) is 5.76. The minimum Gasteiger partial charge on any atom is -0.269 e. The molecule has 0 amide bonds. The largest absolute Gasteiger partial charge is 0.269 e. The van der Waals surface area contributed by atoms with E-state index in [-0.39, 0.29) is 0 Å². The van der Waals surface area contributed by atoms with Crippen LogP contribution in [0.25, 0.3) is 0 Å². The number of hydrogen-bond acceptors (Lipinski definition) is 3. The molecule has 2 aromatic rings. The summed E-state index contributed by atoms with van der Waals surface area (Å²) in [5.74, 6) is 0.327. The van der Waals surface area contributed by atoms with Gasteiger partial charge in [0.2, 0.25) is 0 Å². The summed E-state index contributed by atoms with van der Waals surface area (Å²) in [6.45, 7) is 3.89. The highest BCUT2D eigenvalue weighted by atomic mass is 35.5. The standard InChI is InChI=1S/C14H16ClNO2S2/c1-10-4-5-14(11(2)6-10)16(3)20(17,18)13-7-12(8-15)19-9-13/h4-7,9H,8H2,1-3H3. The molecule has 2 rings (SSSR count). The van der Waals surface area contributed by atoms with E-state index in [1.165, 1.54) is 15.6 Å². The Morgan fingerprint density at radius 3 is 2.50 bits per heavy atom. The summed E-state index contributed by atoms with van der Waals surface area (Å²) in [5.41, 5.74) is 2.73. The fourth-order valence-electron chi connectivity index (χ4n) is 2.01. The number of alkyl halides is 1. The molecule has 0 N–H and O–H groups in total. The van der Waals surface area contributed by atoms with Crippen LogP contribution in [-0.2, 0) is 15.9 Å². The first-order valence-corrected chi connectivity index (χ1v) is 8.91. The summed E-state index contributed by atoms with van der Waals surface area (Å²) in [6, 6.07) is 7.34. The number of benzene rings is 1. The number of halogens is 1. The van der Waals surface area contributed by atoms with Crippen molar-refractivity contribution in [3.8, 4) is 0 Å². The van der Waals surface area contributed by atoms with Crippen LogP contribution in [0.3, 0.4) is 0 Å². The molecular formula is C14H16ClNO2S2. The molecule has 1 heterocycles. The van der Waals surface area contributed by atoms with Crippen molar-refractivity contribution in [2.75, 3.05) is 11.4 Å². The summed E-state index contributed by atoms with van der Waals surface area (Å²) >= 11 is 7.09. The van der Waals surface area contributed by atoms with Gasteiger partial charge in [-0.3, -0.25) is 4.31 Å². The summed E-state index contributed by atoms with van der Waals surface area (Å²) in [6.07, 6.45) is 0. The third-order valence-corrected chi connectivity index (χ3v) is 6.39. The van der Waals surface area contributed by atoms with Crippen molar-refractivity contribution in [3.05, 3.63) is 45.6 Å². The SMILES string of the molecule is Cc1ccc(N(C)S(=O)(=O)c2csc(CCl)c2)c(C)c1. The lowest BCUT2D eigenvalue weighted by Gasteiger charge is -2.21. The minimum atomic E-state index is -3.53. The molecule has 0 unspecified atom stereocenters. The van der Waals surface area contributed by atoms with Gasteiger partial charge in [0, 0.05) is 17.3 Å². The molecule has 0 saturated carbocycles. The normalized spacial score (nSPS) is 11.6. The quantitative estimate of drug-likeness (QED) is 0.797. The number of hydrogen-bond donors (Lipinski definition) is 0. The summed E-state index contributed by atoms with van der Waals surface area (Å²) in [4.78, 5) is 1.14. The fourth-order valence-corrected chi connectivity index (χ4v) is 4.65. The predicted molar refractivity (Wildman–Crippen MR) is 85.4 cm³/mol. The van der Waals surface area contributed by atoms with E-state index in [0.29, 0.717) is 16.5 Å². The van der Waals surface area contributed by atoms with Crippen molar-refractivity contribution in [3.63, 3.8) is 0 Å². The zero-order valence-electron chi connectivity index (χ0n) is 11.6. The first-order chi connectivity index (χ1) is 9.36. The van der Waals surface area contributed by atoms with Crippen LogP contribution in [0.5, 0.6) is 0 Å². The zero-order valence-corrected chi connectivity index (χ0v) is 13.9. The molecule has 1 aromatic carbocycles. The lowest BCUT2D eigenvalue weighted by molar-refractivity contribution is 0.594. The molecule has 0 bridgehead atoms. The van der Waals surface area contributed by atoms with Crippen LogP contribution in [0, 0.1) is 13.8 Å². The van der Waals surface area contributed by atoms with Crippen LogP contribution in [0.15, 0.2) is 34.5 Å². The van der Waals surface area contributed by atoms with Gasteiger partial charge < -0.3 is 0 Å². The molecule has 0 spiro atoms. The molecule has 0 aliphatic rings. The van der Waals surface area contributed by atoms with E-state index in [0.717, 1.165) is 16.0 Å². The first kappa shape index (κ1) is 15.4. The molecule has 0 saturated heterocycles. The highest BCUT2D eigenvalue weighted by Gasteiger charge is 2.23. The van der Waals surface area contributed by atoms with E-state index in [9.17, 15) is 8.42 Å². The monoisotopic (exact) mass is 329 g/mol. The predicted octanol–water partition coefficient (Wildman–Crippen LogP) is 3.93. The van der Waals surface area contributed by atoms with Crippen molar-refractivity contribution < 1.29 is 8.42 Å². The lowest BCUT2D eigenvalue weighted by Crippen LogP contribution is -2.26. The maximum atomic E-state index is 12.6. The van der Waals surface area contributed by atoms with Crippen molar-refractivity contribution in [1.29, 1.82) is 0 Å². The Hall–Kier alpha value is -1.04. The molecule has 6 heteroatoms. The third kappa shape index (κ3) is 2.85. The van der Waals surface area contributed by atoms with E-state index in [1.807, 2.05) is 32.0 Å². The topological polar surface area (TPSA) is 37.4 Å².